The molecule has 1 N–H and O–H groups in total. The summed E-state index contributed by atoms with van der Waals surface area (Å²) >= 11 is 0. The Balaban J connectivity index is 2.79. The minimum absolute atomic E-state index is 0.131. The molecule has 0 aromatic heterocycles. The quantitative estimate of drug-likeness (QED) is 0.745. The van der Waals surface area contributed by atoms with E-state index in [1.807, 2.05) is 13.0 Å². The van der Waals surface area contributed by atoms with E-state index in [1.54, 1.807) is 6.92 Å². The maximum Gasteiger partial charge on any atom is 0.326 e. The molecule has 0 aromatic rings. The van der Waals surface area contributed by atoms with Crippen LogP contribution in [0.5, 0.6) is 0 Å². The number of likely N-dealkylation sites (tertiary alicyclic amines) is 1. The van der Waals surface area contributed by atoms with Crippen LogP contribution in [-0.4, -0.2) is 34.5 Å². The fourth-order valence-electron chi connectivity index (χ4n) is 2.05. The highest BCUT2D eigenvalue weighted by Crippen LogP contribution is 2.19. The molecular formula is C12H19NO3. The number of carbonyl (C=O) groups is 2. The molecule has 1 amide bonds. The lowest BCUT2D eigenvalue weighted by molar-refractivity contribution is -0.150. The molecular weight excluding hydrogens is 206 g/mol. The highest BCUT2D eigenvalue weighted by Gasteiger charge is 2.32. The van der Waals surface area contributed by atoms with Crippen molar-refractivity contribution in [3.05, 3.63) is 11.6 Å². The number of aliphatic carboxylic acids is 1. The van der Waals surface area contributed by atoms with Crippen molar-refractivity contribution in [2.45, 2.75) is 45.6 Å². The lowest BCUT2D eigenvalue weighted by Gasteiger charge is -2.33. The molecule has 0 saturated carbocycles. The van der Waals surface area contributed by atoms with Crippen LogP contribution in [0.25, 0.3) is 0 Å². The van der Waals surface area contributed by atoms with Crippen molar-refractivity contribution in [3.63, 3.8) is 0 Å². The SMILES string of the molecule is CCC=C(C)C(=O)N1CCCC[C@H]1C(=O)O. The molecule has 1 saturated heterocycles. The molecule has 4 heteroatoms. The van der Waals surface area contributed by atoms with E-state index in [9.17, 15) is 9.59 Å². The smallest absolute Gasteiger partial charge is 0.326 e. The summed E-state index contributed by atoms with van der Waals surface area (Å²) in [6.45, 7) is 4.27. The number of hydrogen-bond donors (Lipinski definition) is 1. The molecule has 1 heterocycles. The van der Waals surface area contributed by atoms with Gasteiger partial charge in [0.05, 0.1) is 0 Å². The Morgan fingerprint density at radius 3 is 2.69 bits per heavy atom. The van der Waals surface area contributed by atoms with Gasteiger partial charge in [-0.25, -0.2) is 4.79 Å². The molecule has 4 nitrogen and oxygen atoms in total. The van der Waals surface area contributed by atoms with E-state index in [4.69, 9.17) is 5.11 Å². The third kappa shape index (κ3) is 2.84. The summed E-state index contributed by atoms with van der Waals surface area (Å²) in [7, 11) is 0. The molecule has 1 aliphatic heterocycles. The molecule has 1 rings (SSSR count). The molecule has 16 heavy (non-hydrogen) atoms. The molecule has 0 bridgehead atoms. The predicted molar refractivity (Wildman–Crippen MR) is 61.0 cm³/mol. The largest absolute Gasteiger partial charge is 0.480 e. The summed E-state index contributed by atoms with van der Waals surface area (Å²) in [5.74, 6) is -1.02. The number of carboxylic acids is 1. The highest BCUT2D eigenvalue weighted by molar-refractivity contribution is 5.95. The van der Waals surface area contributed by atoms with Crippen molar-refractivity contribution >= 4 is 11.9 Å². The van der Waals surface area contributed by atoms with Gasteiger partial charge in [0.25, 0.3) is 0 Å². The molecule has 90 valence electrons. The van der Waals surface area contributed by atoms with Crippen LogP contribution < -0.4 is 0 Å². The molecule has 1 fully saturated rings. The highest BCUT2D eigenvalue weighted by atomic mass is 16.4. The van der Waals surface area contributed by atoms with Crippen LogP contribution in [0, 0.1) is 0 Å². The summed E-state index contributed by atoms with van der Waals surface area (Å²) in [5.41, 5.74) is 0.649. The van der Waals surface area contributed by atoms with E-state index in [0.717, 1.165) is 19.3 Å². The van der Waals surface area contributed by atoms with Crippen LogP contribution in [0.1, 0.15) is 39.5 Å². The third-order valence-electron chi connectivity index (χ3n) is 2.90. The topological polar surface area (TPSA) is 57.6 Å². The second-order valence-electron chi connectivity index (χ2n) is 4.14. The zero-order valence-corrected chi connectivity index (χ0v) is 9.90. The molecule has 0 unspecified atom stereocenters. The molecule has 0 aliphatic carbocycles. The third-order valence-corrected chi connectivity index (χ3v) is 2.90. The van der Waals surface area contributed by atoms with Crippen molar-refractivity contribution in [1.82, 2.24) is 4.90 Å². The van der Waals surface area contributed by atoms with Gasteiger partial charge in [0.15, 0.2) is 0 Å². The lowest BCUT2D eigenvalue weighted by Crippen LogP contribution is -2.48. The van der Waals surface area contributed by atoms with Crippen molar-refractivity contribution < 1.29 is 14.7 Å². The predicted octanol–water partition coefficient (Wildman–Crippen LogP) is 1.81. The minimum Gasteiger partial charge on any atom is -0.480 e. The molecule has 0 spiro atoms. The second kappa shape index (κ2) is 5.68. The van der Waals surface area contributed by atoms with Gasteiger partial charge in [0, 0.05) is 12.1 Å². The van der Waals surface area contributed by atoms with Gasteiger partial charge in [0.2, 0.25) is 5.91 Å². The number of nitrogens with zero attached hydrogens (tertiary/aromatic N) is 1. The number of piperidine rings is 1. The maximum atomic E-state index is 12.0. The number of amides is 1. The first-order valence-electron chi connectivity index (χ1n) is 5.78. The number of carbonyl (C=O) groups excluding carboxylic acids is 1. The van der Waals surface area contributed by atoms with E-state index < -0.39 is 12.0 Å². The van der Waals surface area contributed by atoms with Gasteiger partial charge in [-0.1, -0.05) is 13.0 Å². The fourth-order valence-corrected chi connectivity index (χ4v) is 2.05. The zero-order chi connectivity index (χ0) is 12.1. The van der Waals surface area contributed by atoms with Gasteiger partial charge in [-0.15, -0.1) is 0 Å². The average Bonchev–Trinajstić information content (AvgIpc) is 2.28. The van der Waals surface area contributed by atoms with Gasteiger partial charge in [-0.2, -0.15) is 0 Å². The van der Waals surface area contributed by atoms with Gasteiger partial charge in [-0.05, 0) is 32.6 Å². The maximum absolute atomic E-state index is 12.0. The number of rotatable bonds is 3. The Hall–Kier alpha value is -1.32. The summed E-state index contributed by atoms with van der Waals surface area (Å²) in [5, 5.41) is 9.06. The van der Waals surface area contributed by atoms with Gasteiger partial charge < -0.3 is 10.0 Å². The fraction of sp³-hybridized carbons (Fsp3) is 0.667. The number of carboxylic acid groups (broad SMARTS) is 1. The summed E-state index contributed by atoms with van der Waals surface area (Å²) < 4.78 is 0. The first-order valence-corrected chi connectivity index (χ1v) is 5.78. The summed E-state index contributed by atoms with van der Waals surface area (Å²) in [6.07, 6.45) is 4.99. The van der Waals surface area contributed by atoms with Crippen molar-refractivity contribution in [2.75, 3.05) is 6.54 Å². The van der Waals surface area contributed by atoms with E-state index in [2.05, 4.69) is 0 Å². The van der Waals surface area contributed by atoms with Crippen LogP contribution in [0.15, 0.2) is 11.6 Å². The second-order valence-corrected chi connectivity index (χ2v) is 4.14. The Morgan fingerprint density at radius 2 is 2.12 bits per heavy atom. The van der Waals surface area contributed by atoms with E-state index in [-0.39, 0.29) is 5.91 Å². The Bertz CT molecular complexity index is 309. The van der Waals surface area contributed by atoms with Crippen LogP contribution in [-0.2, 0) is 9.59 Å². The van der Waals surface area contributed by atoms with E-state index >= 15 is 0 Å². The molecule has 1 aliphatic rings. The minimum atomic E-state index is -0.891. The monoisotopic (exact) mass is 225 g/mol. The Kier molecular flexibility index (Phi) is 4.52. The van der Waals surface area contributed by atoms with Gasteiger partial charge in [-0.3, -0.25) is 4.79 Å². The van der Waals surface area contributed by atoms with Crippen LogP contribution >= 0.6 is 0 Å². The first-order chi connectivity index (χ1) is 7.57. The lowest BCUT2D eigenvalue weighted by atomic mass is 10.0. The summed E-state index contributed by atoms with van der Waals surface area (Å²) in [6, 6.07) is -0.638. The van der Waals surface area contributed by atoms with Crippen molar-refractivity contribution in [3.8, 4) is 0 Å². The van der Waals surface area contributed by atoms with Crippen LogP contribution in [0.3, 0.4) is 0 Å². The number of allylic oxidation sites excluding steroid dienone is 1. The van der Waals surface area contributed by atoms with Crippen molar-refractivity contribution in [2.24, 2.45) is 0 Å². The number of hydrogen-bond acceptors (Lipinski definition) is 2. The van der Waals surface area contributed by atoms with Crippen LogP contribution in [0.2, 0.25) is 0 Å². The molecule has 0 aromatic carbocycles. The van der Waals surface area contributed by atoms with Gasteiger partial charge >= 0.3 is 5.97 Å². The molecule has 1 atom stereocenters. The van der Waals surface area contributed by atoms with E-state index in [1.165, 1.54) is 4.90 Å². The zero-order valence-electron chi connectivity index (χ0n) is 9.90. The first kappa shape index (κ1) is 12.7. The summed E-state index contributed by atoms with van der Waals surface area (Å²) in [4.78, 5) is 24.5. The average molecular weight is 225 g/mol. The van der Waals surface area contributed by atoms with E-state index in [0.29, 0.717) is 18.5 Å². The van der Waals surface area contributed by atoms with Gasteiger partial charge in [0.1, 0.15) is 6.04 Å². The standard InChI is InChI=1S/C12H19NO3/c1-3-6-9(2)11(14)13-8-5-4-7-10(13)12(15)16/h6,10H,3-5,7-8H2,1-2H3,(H,15,16)/t10-/m0/s1. The molecule has 0 radical (unpaired) electrons. The normalized spacial score (nSPS) is 22.0. The Labute approximate surface area is 95.9 Å². The van der Waals surface area contributed by atoms with Crippen LogP contribution in [0.4, 0.5) is 0 Å². The van der Waals surface area contributed by atoms with Crippen molar-refractivity contribution in [1.29, 1.82) is 0 Å². The Morgan fingerprint density at radius 1 is 1.44 bits per heavy atom.